The SMILES string of the molecule is c1ccc2c(c1)CCCC2Cn1cc(CNC2CC2)nn1. The summed E-state index contributed by atoms with van der Waals surface area (Å²) in [5.41, 5.74) is 4.09. The Balaban J connectivity index is 1.44. The maximum atomic E-state index is 4.31. The second kappa shape index (κ2) is 5.60. The Hall–Kier alpha value is -1.68. The van der Waals surface area contributed by atoms with Crippen molar-refractivity contribution in [3.8, 4) is 0 Å². The van der Waals surface area contributed by atoms with Crippen LogP contribution in [0.5, 0.6) is 0 Å². The number of nitrogens with one attached hydrogen (secondary N) is 1. The highest BCUT2D eigenvalue weighted by Crippen LogP contribution is 2.32. The van der Waals surface area contributed by atoms with Gasteiger partial charge in [0.25, 0.3) is 0 Å². The molecule has 1 aromatic heterocycles. The molecule has 2 aliphatic rings. The van der Waals surface area contributed by atoms with E-state index in [0.29, 0.717) is 5.92 Å². The van der Waals surface area contributed by atoms with Crippen molar-refractivity contribution in [3.05, 3.63) is 47.3 Å². The first kappa shape index (κ1) is 13.0. The Labute approximate surface area is 125 Å². The van der Waals surface area contributed by atoms with E-state index in [2.05, 4.69) is 46.1 Å². The molecule has 0 radical (unpaired) electrons. The molecule has 21 heavy (non-hydrogen) atoms. The summed E-state index contributed by atoms with van der Waals surface area (Å²) < 4.78 is 2.02. The molecule has 0 aliphatic heterocycles. The van der Waals surface area contributed by atoms with E-state index in [-0.39, 0.29) is 0 Å². The van der Waals surface area contributed by atoms with Crippen LogP contribution in [0.15, 0.2) is 30.5 Å². The zero-order chi connectivity index (χ0) is 14.1. The lowest BCUT2D eigenvalue weighted by atomic mass is 9.83. The number of hydrogen-bond acceptors (Lipinski definition) is 3. The Morgan fingerprint density at radius 3 is 3.00 bits per heavy atom. The number of nitrogens with zero attached hydrogens (tertiary/aromatic N) is 3. The number of aryl methyl sites for hydroxylation is 1. The highest BCUT2D eigenvalue weighted by atomic mass is 15.4. The molecule has 2 aromatic rings. The third kappa shape index (κ3) is 3.00. The molecule has 1 unspecified atom stereocenters. The van der Waals surface area contributed by atoms with E-state index in [0.717, 1.165) is 24.8 Å². The van der Waals surface area contributed by atoms with Gasteiger partial charge in [0.05, 0.1) is 5.69 Å². The quantitative estimate of drug-likeness (QED) is 0.917. The highest BCUT2D eigenvalue weighted by molar-refractivity contribution is 5.32. The van der Waals surface area contributed by atoms with Gasteiger partial charge < -0.3 is 5.32 Å². The lowest BCUT2D eigenvalue weighted by Gasteiger charge is -2.25. The lowest BCUT2D eigenvalue weighted by molar-refractivity contribution is 0.449. The molecule has 0 spiro atoms. The van der Waals surface area contributed by atoms with Crippen molar-refractivity contribution in [1.82, 2.24) is 20.3 Å². The molecule has 1 N–H and O–H groups in total. The van der Waals surface area contributed by atoms with Crippen LogP contribution >= 0.6 is 0 Å². The Kier molecular flexibility index (Phi) is 3.47. The number of hydrogen-bond donors (Lipinski definition) is 1. The molecular formula is C17H22N4. The minimum atomic E-state index is 0.584. The van der Waals surface area contributed by atoms with Crippen LogP contribution < -0.4 is 5.32 Å². The van der Waals surface area contributed by atoms with Crippen LogP contribution in [0.3, 0.4) is 0 Å². The maximum absolute atomic E-state index is 4.31. The average molecular weight is 282 g/mol. The van der Waals surface area contributed by atoms with E-state index in [4.69, 9.17) is 0 Å². The third-order valence-corrected chi connectivity index (χ3v) is 4.64. The molecule has 1 heterocycles. The predicted molar refractivity (Wildman–Crippen MR) is 82.0 cm³/mol. The molecule has 2 aliphatic carbocycles. The van der Waals surface area contributed by atoms with Crippen LogP contribution in [0.2, 0.25) is 0 Å². The van der Waals surface area contributed by atoms with Gasteiger partial charge in [-0.15, -0.1) is 5.10 Å². The summed E-state index contributed by atoms with van der Waals surface area (Å²) in [5.74, 6) is 0.584. The van der Waals surface area contributed by atoms with Gasteiger partial charge in [-0.25, -0.2) is 0 Å². The summed E-state index contributed by atoms with van der Waals surface area (Å²) in [6.07, 6.45) is 8.49. The normalized spacial score (nSPS) is 21.2. The van der Waals surface area contributed by atoms with E-state index in [9.17, 15) is 0 Å². The van der Waals surface area contributed by atoms with Gasteiger partial charge in [-0.2, -0.15) is 0 Å². The first-order chi connectivity index (χ1) is 10.4. The van der Waals surface area contributed by atoms with Gasteiger partial charge >= 0.3 is 0 Å². The van der Waals surface area contributed by atoms with E-state index < -0.39 is 0 Å². The van der Waals surface area contributed by atoms with Crippen molar-refractivity contribution in [3.63, 3.8) is 0 Å². The standard InChI is InChI=1S/C17H22N4/c1-2-7-17-13(4-1)5-3-6-14(17)11-21-12-16(19-20-21)10-18-15-8-9-15/h1-2,4,7,12,14-15,18H,3,5-6,8-11H2. The fourth-order valence-electron chi connectivity index (χ4n) is 3.32. The van der Waals surface area contributed by atoms with E-state index in [1.54, 1.807) is 0 Å². The molecule has 0 amide bonds. The maximum Gasteiger partial charge on any atom is 0.0964 e. The van der Waals surface area contributed by atoms with Crippen molar-refractivity contribution < 1.29 is 0 Å². The molecule has 1 saturated carbocycles. The first-order valence-electron chi connectivity index (χ1n) is 8.09. The van der Waals surface area contributed by atoms with Gasteiger partial charge in [0.1, 0.15) is 0 Å². The van der Waals surface area contributed by atoms with Crippen LogP contribution in [-0.2, 0) is 19.5 Å². The molecule has 0 bridgehead atoms. The minimum absolute atomic E-state index is 0.584. The van der Waals surface area contributed by atoms with Gasteiger partial charge in [0.2, 0.25) is 0 Å². The van der Waals surface area contributed by atoms with Crippen LogP contribution in [-0.4, -0.2) is 21.0 Å². The number of rotatable bonds is 5. The summed E-state index contributed by atoms with van der Waals surface area (Å²) in [7, 11) is 0. The van der Waals surface area contributed by atoms with Crippen LogP contribution in [0.1, 0.15) is 48.4 Å². The third-order valence-electron chi connectivity index (χ3n) is 4.64. The molecule has 0 saturated heterocycles. The highest BCUT2D eigenvalue weighted by Gasteiger charge is 2.22. The fourth-order valence-corrected chi connectivity index (χ4v) is 3.32. The molecule has 4 heteroatoms. The second-order valence-corrected chi connectivity index (χ2v) is 6.38. The summed E-state index contributed by atoms with van der Waals surface area (Å²) >= 11 is 0. The molecule has 1 atom stereocenters. The van der Waals surface area contributed by atoms with Crippen LogP contribution in [0.25, 0.3) is 0 Å². The van der Waals surface area contributed by atoms with Crippen LogP contribution in [0, 0.1) is 0 Å². The lowest BCUT2D eigenvalue weighted by Crippen LogP contribution is -2.16. The van der Waals surface area contributed by atoms with Crippen molar-refractivity contribution in [2.75, 3.05) is 0 Å². The van der Waals surface area contributed by atoms with Crippen LogP contribution in [0.4, 0.5) is 0 Å². The van der Waals surface area contributed by atoms with Crippen molar-refractivity contribution in [2.24, 2.45) is 0 Å². The first-order valence-corrected chi connectivity index (χ1v) is 8.09. The monoisotopic (exact) mass is 282 g/mol. The average Bonchev–Trinajstić information content (AvgIpc) is 3.25. The van der Waals surface area contributed by atoms with E-state index >= 15 is 0 Å². The Morgan fingerprint density at radius 2 is 2.10 bits per heavy atom. The van der Waals surface area contributed by atoms with Crippen molar-refractivity contribution in [2.45, 2.75) is 57.2 Å². The fraction of sp³-hybridized carbons (Fsp3) is 0.529. The summed E-state index contributed by atoms with van der Waals surface area (Å²) in [6.45, 7) is 1.80. The summed E-state index contributed by atoms with van der Waals surface area (Å²) in [6, 6.07) is 9.58. The number of fused-ring (bicyclic) bond motifs is 1. The predicted octanol–water partition coefficient (Wildman–Crippen LogP) is 2.65. The smallest absolute Gasteiger partial charge is 0.0964 e. The second-order valence-electron chi connectivity index (χ2n) is 6.38. The van der Waals surface area contributed by atoms with Crippen molar-refractivity contribution in [1.29, 1.82) is 0 Å². The molecule has 1 fully saturated rings. The molecular weight excluding hydrogens is 260 g/mol. The number of benzene rings is 1. The zero-order valence-corrected chi connectivity index (χ0v) is 12.3. The molecule has 1 aromatic carbocycles. The van der Waals surface area contributed by atoms with Gasteiger partial charge in [-0.3, -0.25) is 4.68 Å². The summed E-state index contributed by atoms with van der Waals surface area (Å²) in [5, 5.41) is 12.1. The van der Waals surface area contributed by atoms with Gasteiger partial charge in [-0.1, -0.05) is 29.5 Å². The van der Waals surface area contributed by atoms with Crippen molar-refractivity contribution >= 4 is 0 Å². The van der Waals surface area contributed by atoms with E-state index in [1.807, 2.05) is 4.68 Å². The summed E-state index contributed by atoms with van der Waals surface area (Å²) in [4.78, 5) is 0. The number of aromatic nitrogens is 3. The zero-order valence-electron chi connectivity index (χ0n) is 12.3. The minimum Gasteiger partial charge on any atom is -0.308 e. The van der Waals surface area contributed by atoms with Gasteiger partial charge in [0.15, 0.2) is 0 Å². The van der Waals surface area contributed by atoms with Gasteiger partial charge in [-0.05, 0) is 43.2 Å². The molecule has 4 rings (SSSR count). The van der Waals surface area contributed by atoms with Gasteiger partial charge in [0, 0.05) is 31.2 Å². The largest absolute Gasteiger partial charge is 0.308 e. The Bertz CT molecular complexity index is 615. The topological polar surface area (TPSA) is 42.7 Å². The Morgan fingerprint density at radius 1 is 1.19 bits per heavy atom. The molecule has 4 nitrogen and oxygen atoms in total. The van der Waals surface area contributed by atoms with E-state index in [1.165, 1.54) is 43.2 Å². The molecule has 110 valence electrons.